The van der Waals surface area contributed by atoms with Crippen molar-refractivity contribution in [2.45, 2.75) is 13.0 Å². The molecule has 0 fully saturated rings. The Hall–Kier alpha value is -4.46. The van der Waals surface area contributed by atoms with Gasteiger partial charge >= 0.3 is 5.97 Å². The number of carbonyl (C=O) groups excluding carboxylic acids is 2. The van der Waals surface area contributed by atoms with Crippen LogP contribution in [-0.2, 0) is 14.3 Å². The first-order valence-electron chi connectivity index (χ1n) is 11.1. The summed E-state index contributed by atoms with van der Waals surface area (Å²) in [5.41, 5.74) is 2.56. The number of benzene rings is 3. The normalized spacial score (nSPS) is 11.5. The Morgan fingerprint density at radius 1 is 0.806 bits per heavy atom. The molecule has 36 heavy (non-hydrogen) atoms. The van der Waals surface area contributed by atoms with Gasteiger partial charge in [-0.15, -0.1) is 0 Å². The Kier molecular flexibility index (Phi) is 8.94. The zero-order valence-electron chi connectivity index (χ0n) is 20.9. The topological polar surface area (TPSA) is 92.3 Å². The molecule has 8 nitrogen and oxygen atoms in total. The molecule has 3 aromatic carbocycles. The maximum atomic E-state index is 13.2. The Morgan fingerprint density at radius 3 is 2.03 bits per heavy atom. The second-order valence-corrected chi connectivity index (χ2v) is 7.71. The molecule has 0 aliphatic heterocycles. The molecule has 0 saturated heterocycles. The third kappa shape index (κ3) is 6.35. The predicted octanol–water partition coefficient (Wildman–Crippen LogP) is 4.97. The summed E-state index contributed by atoms with van der Waals surface area (Å²) in [4.78, 5) is 26.0. The van der Waals surface area contributed by atoms with Crippen LogP contribution in [0.2, 0.25) is 0 Å². The van der Waals surface area contributed by atoms with E-state index in [9.17, 15) is 9.59 Å². The van der Waals surface area contributed by atoms with Gasteiger partial charge in [-0.25, -0.2) is 4.79 Å². The summed E-state index contributed by atoms with van der Waals surface area (Å²) in [6.45, 7) is 1.90. The molecule has 0 heterocycles. The zero-order chi connectivity index (χ0) is 26.1. The quantitative estimate of drug-likeness (QED) is 0.316. The molecule has 0 aromatic heterocycles. The van der Waals surface area contributed by atoms with Crippen molar-refractivity contribution in [3.8, 4) is 23.0 Å². The van der Waals surface area contributed by atoms with Gasteiger partial charge < -0.3 is 29.0 Å². The number of rotatable bonds is 10. The molecule has 0 aliphatic rings. The van der Waals surface area contributed by atoms with Gasteiger partial charge in [0.2, 0.25) is 11.9 Å². The minimum atomic E-state index is -1.19. The Balaban J connectivity index is 1.84. The summed E-state index contributed by atoms with van der Waals surface area (Å²) < 4.78 is 26.9. The molecule has 3 aromatic rings. The van der Waals surface area contributed by atoms with Crippen molar-refractivity contribution >= 4 is 23.6 Å². The fourth-order valence-corrected chi connectivity index (χ4v) is 3.54. The van der Waals surface area contributed by atoms with Crippen LogP contribution < -0.4 is 24.3 Å². The summed E-state index contributed by atoms with van der Waals surface area (Å²) in [7, 11) is 6.04. The second-order valence-electron chi connectivity index (χ2n) is 7.71. The molecular weight excluding hydrogens is 462 g/mol. The van der Waals surface area contributed by atoms with E-state index in [0.717, 1.165) is 5.56 Å². The number of esters is 1. The molecule has 188 valence electrons. The molecule has 1 atom stereocenters. The fourth-order valence-electron chi connectivity index (χ4n) is 3.54. The number of hydrogen-bond donors (Lipinski definition) is 1. The Labute approximate surface area is 210 Å². The maximum absolute atomic E-state index is 13.2. The molecule has 0 bridgehead atoms. The summed E-state index contributed by atoms with van der Waals surface area (Å²) in [6, 6.07) is 17.6. The molecule has 0 aliphatic carbocycles. The van der Waals surface area contributed by atoms with Crippen LogP contribution >= 0.6 is 0 Å². The SMILES string of the molecule is COc1ccc(C)cc1NC(=O)C(OC(=O)C=Cc1cc(OC)c(OC)c(OC)c1)c1ccccc1. The van der Waals surface area contributed by atoms with Gasteiger partial charge in [-0.3, -0.25) is 4.79 Å². The van der Waals surface area contributed by atoms with E-state index in [0.29, 0.717) is 39.8 Å². The average molecular weight is 492 g/mol. The first-order chi connectivity index (χ1) is 17.4. The molecule has 1 amide bonds. The van der Waals surface area contributed by atoms with Gasteiger partial charge in [0.05, 0.1) is 34.1 Å². The van der Waals surface area contributed by atoms with Crippen LogP contribution in [0.3, 0.4) is 0 Å². The molecule has 0 spiro atoms. The highest BCUT2D eigenvalue weighted by atomic mass is 16.5. The highest BCUT2D eigenvalue weighted by Crippen LogP contribution is 2.38. The molecule has 0 saturated carbocycles. The lowest BCUT2D eigenvalue weighted by atomic mass is 10.1. The number of nitrogens with one attached hydrogen (secondary N) is 1. The van der Waals surface area contributed by atoms with Crippen LogP contribution in [-0.4, -0.2) is 40.3 Å². The number of hydrogen-bond acceptors (Lipinski definition) is 7. The van der Waals surface area contributed by atoms with E-state index in [4.69, 9.17) is 23.7 Å². The average Bonchev–Trinajstić information content (AvgIpc) is 2.90. The van der Waals surface area contributed by atoms with Crippen molar-refractivity contribution in [3.63, 3.8) is 0 Å². The van der Waals surface area contributed by atoms with E-state index >= 15 is 0 Å². The summed E-state index contributed by atoms with van der Waals surface area (Å²) in [5, 5.41) is 2.81. The highest BCUT2D eigenvalue weighted by molar-refractivity contribution is 5.98. The monoisotopic (exact) mass is 491 g/mol. The molecule has 0 radical (unpaired) electrons. The lowest BCUT2D eigenvalue weighted by Crippen LogP contribution is -2.25. The van der Waals surface area contributed by atoms with E-state index < -0.39 is 18.0 Å². The van der Waals surface area contributed by atoms with E-state index in [1.807, 2.05) is 19.1 Å². The van der Waals surface area contributed by atoms with Crippen LogP contribution in [0.5, 0.6) is 23.0 Å². The first kappa shape index (κ1) is 26.2. The largest absolute Gasteiger partial charge is 0.495 e. The van der Waals surface area contributed by atoms with Crippen LogP contribution in [0.1, 0.15) is 22.8 Å². The predicted molar refractivity (Wildman–Crippen MR) is 137 cm³/mol. The lowest BCUT2D eigenvalue weighted by Gasteiger charge is -2.18. The van der Waals surface area contributed by atoms with Crippen molar-refractivity contribution in [1.82, 2.24) is 0 Å². The number of amides is 1. The van der Waals surface area contributed by atoms with Gasteiger partial charge in [-0.2, -0.15) is 0 Å². The van der Waals surface area contributed by atoms with Crippen LogP contribution in [0.15, 0.2) is 66.7 Å². The number of ether oxygens (including phenoxy) is 5. The van der Waals surface area contributed by atoms with Gasteiger partial charge in [0.1, 0.15) is 5.75 Å². The van der Waals surface area contributed by atoms with Gasteiger partial charge in [-0.1, -0.05) is 36.4 Å². The highest BCUT2D eigenvalue weighted by Gasteiger charge is 2.25. The van der Waals surface area contributed by atoms with E-state index in [-0.39, 0.29) is 0 Å². The molecule has 1 N–H and O–H groups in total. The lowest BCUT2D eigenvalue weighted by molar-refractivity contribution is -0.149. The van der Waals surface area contributed by atoms with Gasteiger partial charge in [0.25, 0.3) is 5.91 Å². The number of methoxy groups -OCH3 is 4. The van der Waals surface area contributed by atoms with Crippen LogP contribution in [0.4, 0.5) is 5.69 Å². The third-order valence-electron chi connectivity index (χ3n) is 5.29. The molecule has 1 unspecified atom stereocenters. The van der Waals surface area contributed by atoms with Gasteiger partial charge in [-0.05, 0) is 48.4 Å². The molecule has 3 rings (SSSR count). The zero-order valence-corrected chi connectivity index (χ0v) is 20.9. The molecular formula is C28H29NO7. The van der Waals surface area contributed by atoms with E-state index in [1.165, 1.54) is 40.6 Å². The van der Waals surface area contributed by atoms with Crippen molar-refractivity contribution in [1.29, 1.82) is 0 Å². The summed E-state index contributed by atoms with van der Waals surface area (Å²) in [5.74, 6) is 0.599. The number of anilines is 1. The van der Waals surface area contributed by atoms with E-state index in [1.54, 1.807) is 48.5 Å². The van der Waals surface area contributed by atoms with E-state index in [2.05, 4.69) is 5.32 Å². The summed E-state index contributed by atoms with van der Waals surface area (Å²) >= 11 is 0. The minimum Gasteiger partial charge on any atom is -0.495 e. The van der Waals surface area contributed by atoms with Crippen LogP contribution in [0.25, 0.3) is 6.08 Å². The third-order valence-corrected chi connectivity index (χ3v) is 5.29. The van der Waals surface area contributed by atoms with Crippen molar-refractivity contribution in [2.75, 3.05) is 33.8 Å². The first-order valence-corrected chi connectivity index (χ1v) is 11.1. The van der Waals surface area contributed by atoms with Gasteiger partial charge in [0, 0.05) is 11.6 Å². The number of aryl methyl sites for hydroxylation is 1. The Morgan fingerprint density at radius 2 is 1.44 bits per heavy atom. The summed E-state index contributed by atoms with van der Waals surface area (Å²) in [6.07, 6.45) is 1.58. The number of carbonyl (C=O) groups is 2. The second kappa shape index (κ2) is 12.3. The minimum absolute atomic E-state index is 0.437. The van der Waals surface area contributed by atoms with Crippen molar-refractivity contribution in [2.24, 2.45) is 0 Å². The Bertz CT molecular complexity index is 1210. The molecule has 8 heteroatoms. The van der Waals surface area contributed by atoms with Gasteiger partial charge in [0.15, 0.2) is 11.5 Å². The van der Waals surface area contributed by atoms with Crippen molar-refractivity contribution in [3.05, 3.63) is 83.4 Å². The smallest absolute Gasteiger partial charge is 0.331 e. The fraction of sp³-hybridized carbons (Fsp3) is 0.214. The van der Waals surface area contributed by atoms with Crippen molar-refractivity contribution < 1.29 is 33.3 Å². The maximum Gasteiger partial charge on any atom is 0.331 e. The van der Waals surface area contributed by atoms with Crippen LogP contribution in [0, 0.1) is 6.92 Å². The standard InChI is InChI=1S/C28H29NO7/c1-18-11-13-22(32-2)21(15-18)29-28(31)26(20-9-7-6-8-10-20)36-25(30)14-12-19-16-23(33-3)27(35-5)24(17-19)34-4/h6-17,26H,1-5H3,(H,29,31).